The number of furan rings is 1. The fraction of sp³-hybridized carbons (Fsp3) is 0.545. The Balaban J connectivity index is 1.38. The third-order valence-electron chi connectivity index (χ3n) is 8.93. The van der Waals surface area contributed by atoms with E-state index < -0.39 is 29.5 Å². The minimum atomic E-state index is -1.26. The van der Waals surface area contributed by atoms with E-state index in [0.717, 1.165) is 18.4 Å². The molecule has 2 aliphatic heterocycles. The van der Waals surface area contributed by atoms with Crippen LogP contribution in [0.4, 0.5) is 0 Å². The average molecular weight is 579 g/mol. The first-order valence-electron chi connectivity index (χ1n) is 15.1. The molecule has 1 N–H and O–H groups in total. The van der Waals surface area contributed by atoms with Crippen molar-refractivity contribution in [2.75, 3.05) is 20.3 Å². The number of ether oxygens (including phenoxy) is 3. The summed E-state index contributed by atoms with van der Waals surface area (Å²) in [6.07, 6.45) is 8.21. The number of hydrogen-bond donors (Lipinski definition) is 1. The summed E-state index contributed by atoms with van der Waals surface area (Å²) in [7, 11) is 1.34. The number of piperidine rings is 1. The van der Waals surface area contributed by atoms with Crippen LogP contribution >= 0.6 is 0 Å². The van der Waals surface area contributed by atoms with Gasteiger partial charge < -0.3 is 28.8 Å². The molecule has 1 saturated heterocycles. The van der Waals surface area contributed by atoms with E-state index in [1.807, 2.05) is 43.3 Å². The number of hydrogen-bond acceptors (Lipinski definition) is 7. The van der Waals surface area contributed by atoms with E-state index in [9.17, 15) is 14.4 Å². The first-order valence-corrected chi connectivity index (χ1v) is 15.1. The second-order valence-corrected chi connectivity index (χ2v) is 11.7. The van der Waals surface area contributed by atoms with Gasteiger partial charge in [0, 0.05) is 24.6 Å². The third kappa shape index (κ3) is 6.63. The third-order valence-corrected chi connectivity index (χ3v) is 8.93. The fourth-order valence-electron chi connectivity index (χ4n) is 6.68. The highest BCUT2D eigenvalue weighted by molar-refractivity contribution is 5.92. The van der Waals surface area contributed by atoms with Gasteiger partial charge in [0.2, 0.25) is 11.8 Å². The van der Waals surface area contributed by atoms with Gasteiger partial charge in [0.05, 0.1) is 39.2 Å². The monoisotopic (exact) mass is 578 g/mol. The Bertz CT molecular complexity index is 1240. The van der Waals surface area contributed by atoms with Crippen LogP contribution in [0, 0.1) is 17.3 Å². The molecule has 1 aliphatic carbocycles. The molecule has 1 saturated carbocycles. The van der Waals surface area contributed by atoms with Crippen LogP contribution in [0.2, 0.25) is 0 Å². The number of fused-ring (bicyclic) bond motifs is 1. The van der Waals surface area contributed by atoms with Gasteiger partial charge in [-0.25, -0.2) is 0 Å². The van der Waals surface area contributed by atoms with Crippen molar-refractivity contribution in [1.82, 2.24) is 10.2 Å². The van der Waals surface area contributed by atoms with Crippen molar-refractivity contribution in [3.05, 3.63) is 71.8 Å². The summed E-state index contributed by atoms with van der Waals surface area (Å²) in [5.41, 5.74) is 0.288. The SMILES string of the molecule is COC(=O)[C@]12C[C@H](CC(=O)NCC3CCCCC3)C(=O)N(Cc3ccco3)C1=C[C@H](COCc1ccccc1)O[C@@H]2C. The molecule has 0 unspecified atom stereocenters. The van der Waals surface area contributed by atoms with E-state index in [4.69, 9.17) is 18.6 Å². The van der Waals surface area contributed by atoms with Crippen molar-refractivity contribution in [1.29, 1.82) is 0 Å². The van der Waals surface area contributed by atoms with E-state index in [1.165, 1.54) is 26.4 Å². The largest absolute Gasteiger partial charge is 0.468 e. The van der Waals surface area contributed by atoms with Gasteiger partial charge in [-0.05, 0) is 55.9 Å². The minimum Gasteiger partial charge on any atom is -0.468 e. The summed E-state index contributed by atoms with van der Waals surface area (Å²) < 4.78 is 23.3. The van der Waals surface area contributed by atoms with Crippen molar-refractivity contribution < 1.29 is 33.0 Å². The summed E-state index contributed by atoms with van der Waals surface area (Å²) in [6.45, 7) is 3.23. The Hall–Kier alpha value is -3.43. The summed E-state index contributed by atoms with van der Waals surface area (Å²) in [4.78, 5) is 42.4. The van der Waals surface area contributed by atoms with Gasteiger partial charge in [-0.3, -0.25) is 14.4 Å². The fourth-order valence-corrected chi connectivity index (χ4v) is 6.68. The van der Waals surface area contributed by atoms with Gasteiger partial charge in [-0.1, -0.05) is 49.6 Å². The number of nitrogens with zero attached hydrogens (tertiary/aromatic N) is 1. The maximum atomic E-state index is 14.1. The number of carbonyl (C=O) groups excluding carboxylic acids is 3. The van der Waals surface area contributed by atoms with Crippen molar-refractivity contribution >= 4 is 17.8 Å². The maximum absolute atomic E-state index is 14.1. The smallest absolute Gasteiger partial charge is 0.320 e. The number of nitrogens with one attached hydrogen (secondary N) is 1. The molecule has 1 aromatic heterocycles. The minimum absolute atomic E-state index is 0.0113. The standard InChI is InChI=1S/C33H42N2O7/c1-23-33(32(38)39-2)18-26(16-30(36)34-19-24-10-5-3-6-11-24)31(37)35(20-27-14-9-15-41-27)29(33)17-28(42-23)22-40-21-25-12-7-4-8-13-25/h4,7-9,12-15,17,23-24,26,28H,3,5-6,10-11,16,18-22H2,1-2H3,(H,34,36)/t23-,26+,28-,33+/m1/s1. The van der Waals surface area contributed by atoms with E-state index in [-0.39, 0.29) is 37.8 Å². The summed E-state index contributed by atoms with van der Waals surface area (Å²) in [5, 5.41) is 3.06. The molecule has 0 radical (unpaired) electrons. The summed E-state index contributed by atoms with van der Waals surface area (Å²) in [6, 6.07) is 13.4. The molecule has 2 aromatic rings. The lowest BCUT2D eigenvalue weighted by Crippen LogP contribution is -2.60. The lowest BCUT2D eigenvalue weighted by atomic mass is 9.66. The lowest BCUT2D eigenvalue weighted by molar-refractivity contribution is -0.178. The Morgan fingerprint density at radius 3 is 2.60 bits per heavy atom. The van der Waals surface area contributed by atoms with Crippen LogP contribution in [0.1, 0.15) is 63.2 Å². The number of esters is 1. The van der Waals surface area contributed by atoms with Gasteiger partial charge >= 0.3 is 5.97 Å². The van der Waals surface area contributed by atoms with Gasteiger partial charge in [0.1, 0.15) is 17.3 Å². The van der Waals surface area contributed by atoms with E-state index >= 15 is 0 Å². The zero-order valence-corrected chi connectivity index (χ0v) is 24.6. The number of benzene rings is 1. The topological polar surface area (TPSA) is 107 Å². The highest BCUT2D eigenvalue weighted by atomic mass is 16.6. The average Bonchev–Trinajstić information content (AvgIpc) is 3.53. The number of amides is 2. The van der Waals surface area contributed by atoms with E-state index in [1.54, 1.807) is 23.3 Å². The molecule has 226 valence electrons. The number of likely N-dealkylation sites (tertiary alicyclic amines) is 1. The molecule has 3 aliphatic rings. The molecule has 0 bridgehead atoms. The Morgan fingerprint density at radius 1 is 1.10 bits per heavy atom. The van der Waals surface area contributed by atoms with Crippen LogP contribution in [0.15, 0.2) is 64.9 Å². The Kier molecular flexibility index (Phi) is 9.80. The first-order chi connectivity index (χ1) is 20.4. The molecular weight excluding hydrogens is 536 g/mol. The van der Waals surface area contributed by atoms with Crippen molar-refractivity contribution in [3.8, 4) is 0 Å². The molecule has 5 rings (SSSR count). The predicted molar refractivity (Wildman–Crippen MR) is 155 cm³/mol. The van der Waals surface area contributed by atoms with Gasteiger partial charge in [0.15, 0.2) is 0 Å². The van der Waals surface area contributed by atoms with Crippen molar-refractivity contribution in [3.63, 3.8) is 0 Å². The Labute approximate surface area is 247 Å². The lowest BCUT2D eigenvalue weighted by Gasteiger charge is -2.51. The number of rotatable bonds is 11. The predicted octanol–water partition coefficient (Wildman–Crippen LogP) is 4.76. The molecule has 42 heavy (non-hydrogen) atoms. The second kappa shape index (κ2) is 13.7. The molecule has 4 atom stereocenters. The molecule has 0 spiro atoms. The van der Waals surface area contributed by atoms with E-state index in [2.05, 4.69) is 5.32 Å². The number of methoxy groups -OCH3 is 1. The Morgan fingerprint density at radius 2 is 1.88 bits per heavy atom. The highest BCUT2D eigenvalue weighted by Crippen LogP contribution is 2.50. The van der Waals surface area contributed by atoms with Crippen LogP contribution in [-0.4, -0.2) is 55.2 Å². The molecule has 2 amide bonds. The van der Waals surface area contributed by atoms with Crippen molar-refractivity contribution in [2.45, 2.75) is 77.2 Å². The normalized spacial score (nSPS) is 26.3. The van der Waals surface area contributed by atoms with Gasteiger partial charge in [0.25, 0.3) is 0 Å². The quantitative estimate of drug-likeness (QED) is 0.383. The van der Waals surface area contributed by atoms with Crippen LogP contribution < -0.4 is 5.32 Å². The summed E-state index contributed by atoms with van der Waals surface area (Å²) in [5.74, 6) is -0.566. The van der Waals surface area contributed by atoms with Crippen molar-refractivity contribution in [2.24, 2.45) is 17.3 Å². The molecule has 1 aromatic carbocycles. The van der Waals surface area contributed by atoms with Gasteiger partial charge in [-0.15, -0.1) is 0 Å². The zero-order valence-electron chi connectivity index (χ0n) is 24.6. The van der Waals surface area contributed by atoms with Crippen LogP contribution in [0.5, 0.6) is 0 Å². The van der Waals surface area contributed by atoms with Crippen LogP contribution in [0.3, 0.4) is 0 Å². The van der Waals surface area contributed by atoms with Gasteiger partial charge in [-0.2, -0.15) is 0 Å². The molecule has 2 fully saturated rings. The van der Waals surface area contributed by atoms with Crippen LogP contribution in [-0.2, 0) is 41.7 Å². The van der Waals surface area contributed by atoms with E-state index in [0.29, 0.717) is 30.5 Å². The molecule has 3 heterocycles. The second-order valence-electron chi connectivity index (χ2n) is 11.7. The zero-order chi connectivity index (χ0) is 29.5. The molecule has 9 heteroatoms. The summed E-state index contributed by atoms with van der Waals surface area (Å²) >= 11 is 0. The van der Waals surface area contributed by atoms with Crippen LogP contribution in [0.25, 0.3) is 0 Å². The first kappa shape index (κ1) is 30.0. The maximum Gasteiger partial charge on any atom is 0.320 e. The highest BCUT2D eigenvalue weighted by Gasteiger charge is 2.59. The molecular formula is C33H42N2O7. The number of carbonyl (C=O) groups is 3. The molecule has 9 nitrogen and oxygen atoms in total.